The normalized spacial score (nSPS) is 12.8. The van der Waals surface area contributed by atoms with Gasteiger partial charge in [0.1, 0.15) is 0 Å². The number of ether oxygens (including phenoxy) is 2. The molecule has 0 spiro atoms. The van der Waals surface area contributed by atoms with Gasteiger partial charge in [0.25, 0.3) is 0 Å². The predicted molar refractivity (Wildman–Crippen MR) is 87.0 cm³/mol. The maximum atomic E-state index is 5.42. The Morgan fingerprint density at radius 3 is 2.52 bits per heavy atom. The zero-order valence-corrected chi connectivity index (χ0v) is 12.8. The molecule has 0 amide bonds. The molecule has 0 saturated heterocycles. The monoisotopic (exact) mass is 280 g/mol. The molecule has 2 nitrogen and oxygen atoms in total. The molecule has 108 valence electrons. The van der Waals surface area contributed by atoms with Crippen molar-refractivity contribution in [1.82, 2.24) is 0 Å². The molecule has 0 fully saturated rings. The largest absolute Gasteiger partial charge is 0.493 e. The Morgan fingerprint density at radius 2 is 1.81 bits per heavy atom. The van der Waals surface area contributed by atoms with E-state index in [1.807, 2.05) is 12.1 Å². The minimum atomic E-state index is 0.763. The van der Waals surface area contributed by atoms with E-state index in [1.54, 1.807) is 14.2 Å². The maximum Gasteiger partial charge on any atom is 0.161 e. The minimum absolute atomic E-state index is 0.763. The fourth-order valence-corrected chi connectivity index (χ4v) is 2.92. The van der Waals surface area contributed by atoms with Crippen molar-refractivity contribution >= 4 is 6.08 Å². The second kappa shape index (κ2) is 5.65. The van der Waals surface area contributed by atoms with Crippen LogP contribution in [0.1, 0.15) is 24.5 Å². The summed E-state index contributed by atoms with van der Waals surface area (Å²) < 4.78 is 10.7. The van der Waals surface area contributed by atoms with Gasteiger partial charge in [-0.3, -0.25) is 0 Å². The van der Waals surface area contributed by atoms with Crippen LogP contribution < -0.4 is 9.47 Å². The average Bonchev–Trinajstić information content (AvgIpc) is 2.97. The highest BCUT2D eigenvalue weighted by Crippen LogP contribution is 2.38. The second-order valence-electron chi connectivity index (χ2n) is 5.28. The molecule has 0 aromatic heterocycles. The molecule has 0 radical (unpaired) electrons. The first-order valence-corrected chi connectivity index (χ1v) is 7.30. The van der Waals surface area contributed by atoms with Crippen LogP contribution in [0.2, 0.25) is 0 Å². The average molecular weight is 280 g/mol. The topological polar surface area (TPSA) is 18.5 Å². The lowest BCUT2D eigenvalue weighted by Gasteiger charge is -2.12. The minimum Gasteiger partial charge on any atom is -0.493 e. The van der Waals surface area contributed by atoms with Gasteiger partial charge in [-0.25, -0.2) is 0 Å². The fraction of sp³-hybridized carbons (Fsp3) is 0.263. The van der Waals surface area contributed by atoms with Crippen LogP contribution in [0.3, 0.4) is 0 Å². The van der Waals surface area contributed by atoms with Crippen LogP contribution in [0.5, 0.6) is 11.5 Å². The van der Waals surface area contributed by atoms with Crippen LogP contribution in [0, 0.1) is 0 Å². The highest BCUT2D eigenvalue weighted by Gasteiger charge is 2.16. The van der Waals surface area contributed by atoms with Crippen molar-refractivity contribution in [2.75, 3.05) is 14.2 Å². The first-order chi connectivity index (χ1) is 10.3. The third-order valence-electron chi connectivity index (χ3n) is 4.11. The van der Waals surface area contributed by atoms with Crippen molar-refractivity contribution in [3.05, 3.63) is 53.1 Å². The fourth-order valence-electron chi connectivity index (χ4n) is 2.92. The summed E-state index contributed by atoms with van der Waals surface area (Å²) in [5.41, 5.74) is 6.69. The molecule has 2 heteroatoms. The van der Waals surface area contributed by atoms with Gasteiger partial charge in [-0.15, -0.1) is 0 Å². The molecule has 0 heterocycles. The lowest BCUT2D eigenvalue weighted by atomic mass is 9.97. The summed E-state index contributed by atoms with van der Waals surface area (Å²) in [6, 6.07) is 12.6. The van der Waals surface area contributed by atoms with Crippen LogP contribution in [0.4, 0.5) is 0 Å². The van der Waals surface area contributed by atoms with Gasteiger partial charge in [-0.05, 0) is 47.2 Å². The lowest BCUT2D eigenvalue weighted by Crippen LogP contribution is -1.92. The predicted octanol–water partition coefficient (Wildman–Crippen LogP) is 4.72. The molecule has 1 aliphatic carbocycles. The third kappa shape index (κ3) is 2.42. The summed E-state index contributed by atoms with van der Waals surface area (Å²) in [5, 5.41) is 0. The Balaban J connectivity index is 2.10. The molecule has 3 rings (SSSR count). The van der Waals surface area contributed by atoms with Crippen molar-refractivity contribution < 1.29 is 9.47 Å². The highest BCUT2D eigenvalue weighted by molar-refractivity contribution is 5.81. The number of fused-ring (bicyclic) bond motifs is 1. The first-order valence-electron chi connectivity index (χ1n) is 7.30. The van der Waals surface area contributed by atoms with Gasteiger partial charge in [0.2, 0.25) is 0 Å². The van der Waals surface area contributed by atoms with Gasteiger partial charge >= 0.3 is 0 Å². The summed E-state index contributed by atoms with van der Waals surface area (Å²) >= 11 is 0. The van der Waals surface area contributed by atoms with Crippen LogP contribution >= 0.6 is 0 Å². The van der Waals surface area contributed by atoms with E-state index in [4.69, 9.17) is 9.47 Å². The summed E-state index contributed by atoms with van der Waals surface area (Å²) in [7, 11) is 3.33. The quantitative estimate of drug-likeness (QED) is 0.806. The maximum absolute atomic E-state index is 5.42. The van der Waals surface area contributed by atoms with E-state index in [-0.39, 0.29) is 0 Å². The molecule has 21 heavy (non-hydrogen) atoms. The van der Waals surface area contributed by atoms with Crippen LogP contribution in [-0.4, -0.2) is 14.2 Å². The molecule has 2 aromatic carbocycles. The number of benzene rings is 2. The number of hydrogen-bond acceptors (Lipinski definition) is 2. The van der Waals surface area contributed by atoms with E-state index in [9.17, 15) is 0 Å². The Kier molecular flexibility index (Phi) is 3.70. The number of hydrogen-bond donors (Lipinski definition) is 0. The van der Waals surface area contributed by atoms with E-state index in [0.29, 0.717) is 0 Å². The van der Waals surface area contributed by atoms with Gasteiger partial charge in [0, 0.05) is 0 Å². The van der Waals surface area contributed by atoms with E-state index in [1.165, 1.54) is 22.3 Å². The molecule has 0 saturated carbocycles. The number of allylic oxidation sites excluding steroid dienone is 1. The Labute approximate surface area is 126 Å². The standard InChI is InChI=1S/C19H20O2/c1-4-13-10-14-6-5-7-16(17(14)11-13)15-8-9-18(20-2)19(12-15)21-3/h5-9,11-12H,4,10H2,1-3H3. The smallest absolute Gasteiger partial charge is 0.161 e. The molecule has 2 aromatic rings. The van der Waals surface area contributed by atoms with Gasteiger partial charge < -0.3 is 9.47 Å². The summed E-state index contributed by atoms with van der Waals surface area (Å²) in [4.78, 5) is 0. The molecule has 0 aliphatic heterocycles. The van der Waals surface area contributed by atoms with Gasteiger partial charge in [-0.2, -0.15) is 0 Å². The first kappa shape index (κ1) is 13.7. The SMILES string of the molecule is CCC1=Cc2c(cccc2-c2ccc(OC)c(OC)c2)C1. The number of methoxy groups -OCH3 is 2. The molecular formula is C19H20O2. The summed E-state index contributed by atoms with van der Waals surface area (Å²) in [5.74, 6) is 1.53. The van der Waals surface area contributed by atoms with E-state index in [2.05, 4.69) is 37.3 Å². The molecule has 0 bridgehead atoms. The lowest BCUT2D eigenvalue weighted by molar-refractivity contribution is 0.355. The zero-order chi connectivity index (χ0) is 14.8. The summed E-state index contributed by atoms with van der Waals surface area (Å²) in [6.07, 6.45) is 4.52. The van der Waals surface area contributed by atoms with Crippen molar-refractivity contribution in [3.63, 3.8) is 0 Å². The highest BCUT2D eigenvalue weighted by atomic mass is 16.5. The molecule has 0 atom stereocenters. The van der Waals surface area contributed by atoms with Gasteiger partial charge in [0.15, 0.2) is 11.5 Å². The van der Waals surface area contributed by atoms with Crippen molar-refractivity contribution in [3.8, 4) is 22.6 Å². The van der Waals surface area contributed by atoms with Crippen LogP contribution in [0.25, 0.3) is 17.2 Å². The molecular weight excluding hydrogens is 260 g/mol. The zero-order valence-electron chi connectivity index (χ0n) is 12.8. The van der Waals surface area contributed by atoms with Gasteiger partial charge in [0.05, 0.1) is 14.2 Å². The molecule has 1 aliphatic rings. The van der Waals surface area contributed by atoms with E-state index < -0.39 is 0 Å². The van der Waals surface area contributed by atoms with Gasteiger partial charge in [-0.1, -0.05) is 42.8 Å². The Morgan fingerprint density at radius 1 is 1.00 bits per heavy atom. The third-order valence-corrected chi connectivity index (χ3v) is 4.11. The molecule has 0 N–H and O–H groups in total. The van der Waals surface area contributed by atoms with Crippen molar-refractivity contribution in [1.29, 1.82) is 0 Å². The van der Waals surface area contributed by atoms with Crippen molar-refractivity contribution in [2.24, 2.45) is 0 Å². The van der Waals surface area contributed by atoms with Crippen LogP contribution in [0.15, 0.2) is 42.0 Å². The summed E-state index contributed by atoms with van der Waals surface area (Å²) in [6.45, 7) is 2.22. The Hall–Kier alpha value is -2.22. The van der Waals surface area contributed by atoms with Crippen LogP contribution in [-0.2, 0) is 6.42 Å². The van der Waals surface area contributed by atoms with Crippen molar-refractivity contribution in [2.45, 2.75) is 19.8 Å². The molecule has 0 unspecified atom stereocenters. The Bertz CT molecular complexity index is 699. The van der Waals surface area contributed by atoms with E-state index in [0.717, 1.165) is 29.9 Å². The van der Waals surface area contributed by atoms with E-state index >= 15 is 0 Å². The second-order valence-corrected chi connectivity index (χ2v) is 5.28. The number of rotatable bonds is 4.